The molecule has 0 radical (unpaired) electrons. The summed E-state index contributed by atoms with van der Waals surface area (Å²) in [5.74, 6) is 0. The summed E-state index contributed by atoms with van der Waals surface area (Å²) in [7, 11) is 0. The van der Waals surface area contributed by atoms with E-state index in [0.717, 1.165) is 24.2 Å². The smallest absolute Gasteiger partial charge is 0.126 e. The van der Waals surface area contributed by atoms with Gasteiger partial charge in [-0.1, -0.05) is 63.8 Å². The molecule has 0 aliphatic carbocycles. The largest absolute Gasteiger partial charge is 0.389 e. The van der Waals surface area contributed by atoms with Crippen LogP contribution >= 0.6 is 0 Å². The average molecular weight is 344 g/mol. The Hall–Kier alpha value is -1.45. The van der Waals surface area contributed by atoms with Crippen molar-refractivity contribution in [3.63, 3.8) is 0 Å². The fourth-order valence-electron chi connectivity index (χ4n) is 2.90. The van der Waals surface area contributed by atoms with Crippen molar-refractivity contribution in [1.29, 1.82) is 0 Å². The Morgan fingerprint density at radius 2 is 2.00 bits per heavy atom. The molecule has 2 heterocycles. The molecule has 1 aromatic rings. The van der Waals surface area contributed by atoms with Crippen molar-refractivity contribution in [3.8, 4) is 0 Å². The van der Waals surface area contributed by atoms with Gasteiger partial charge in [-0.3, -0.25) is 4.98 Å². The second-order valence-electron chi connectivity index (χ2n) is 6.85. The molecular formula is C22H33NO2. The quantitative estimate of drug-likeness (QED) is 0.305. The number of allylic oxidation sites excluding steroid dienone is 1. The van der Waals surface area contributed by atoms with Crippen molar-refractivity contribution in [3.05, 3.63) is 47.8 Å². The van der Waals surface area contributed by atoms with Crippen LogP contribution < -0.4 is 0 Å². The van der Waals surface area contributed by atoms with Crippen LogP contribution in [0.2, 0.25) is 0 Å². The number of aliphatic hydroxyl groups is 1. The highest BCUT2D eigenvalue weighted by Gasteiger charge is 2.40. The third-order valence-electron chi connectivity index (χ3n) is 4.52. The van der Waals surface area contributed by atoms with E-state index in [9.17, 15) is 5.11 Å². The lowest BCUT2D eigenvalue weighted by molar-refractivity contribution is 0.227. The molecular weight excluding hydrogens is 310 g/mol. The summed E-state index contributed by atoms with van der Waals surface area (Å²) in [6, 6.07) is 6.01. The molecule has 0 amide bonds. The Labute approximate surface area is 152 Å². The summed E-state index contributed by atoms with van der Waals surface area (Å²) in [4.78, 5) is 4.65. The zero-order valence-electron chi connectivity index (χ0n) is 15.7. The van der Waals surface area contributed by atoms with Gasteiger partial charge in [-0.15, -0.1) is 0 Å². The molecule has 1 aliphatic heterocycles. The molecule has 1 aliphatic rings. The summed E-state index contributed by atoms with van der Waals surface area (Å²) in [6.45, 7) is 4.41. The number of epoxide rings is 1. The number of ether oxygens (including phenoxy) is 1. The number of hydrogen-bond acceptors (Lipinski definition) is 3. The van der Waals surface area contributed by atoms with E-state index in [1.807, 2.05) is 30.4 Å². The van der Waals surface area contributed by atoms with Gasteiger partial charge in [0.25, 0.3) is 0 Å². The van der Waals surface area contributed by atoms with Crippen LogP contribution in [0.3, 0.4) is 0 Å². The maximum absolute atomic E-state index is 10.1. The lowest BCUT2D eigenvalue weighted by Crippen LogP contribution is -1.99. The minimum atomic E-state index is -0.456. The van der Waals surface area contributed by atoms with E-state index in [4.69, 9.17) is 4.74 Å². The highest BCUT2D eigenvalue weighted by Crippen LogP contribution is 2.40. The van der Waals surface area contributed by atoms with E-state index < -0.39 is 6.10 Å². The number of hydrogen-bond donors (Lipinski definition) is 1. The van der Waals surface area contributed by atoms with E-state index in [0.29, 0.717) is 12.5 Å². The Balaban J connectivity index is 1.76. The van der Waals surface area contributed by atoms with Gasteiger partial charge in [-0.25, -0.2) is 0 Å². The van der Waals surface area contributed by atoms with Crippen LogP contribution in [-0.4, -0.2) is 22.3 Å². The third kappa shape index (κ3) is 7.54. The number of unbranched alkanes of at least 4 members (excludes halogenated alkanes) is 4. The van der Waals surface area contributed by atoms with Crippen molar-refractivity contribution < 1.29 is 9.84 Å². The molecule has 1 aromatic heterocycles. The van der Waals surface area contributed by atoms with Crippen LogP contribution in [0.25, 0.3) is 6.08 Å². The van der Waals surface area contributed by atoms with Crippen molar-refractivity contribution in [2.75, 3.05) is 0 Å². The predicted octanol–water partition coefficient (Wildman–Crippen LogP) is 5.61. The standard InChI is InChI=1S/C22H33NO2/c1-3-5-7-8-9-10-13-19(24)17-16-18-12-11-14-20(23-18)22-21(25-22)15-6-4-2/h9-12,14,16-17,19,21-22,24H,3-8,13,15H2,1-2H3. The van der Waals surface area contributed by atoms with Gasteiger partial charge >= 0.3 is 0 Å². The maximum atomic E-state index is 10.1. The van der Waals surface area contributed by atoms with Crippen LogP contribution in [0.4, 0.5) is 0 Å². The minimum absolute atomic E-state index is 0.163. The molecule has 138 valence electrons. The fraction of sp³-hybridized carbons (Fsp3) is 0.591. The Morgan fingerprint density at radius 3 is 2.80 bits per heavy atom. The van der Waals surface area contributed by atoms with Gasteiger partial charge in [-0.2, -0.15) is 0 Å². The second-order valence-corrected chi connectivity index (χ2v) is 6.85. The van der Waals surface area contributed by atoms with E-state index in [2.05, 4.69) is 31.0 Å². The van der Waals surface area contributed by atoms with Gasteiger partial charge in [0.2, 0.25) is 0 Å². The van der Waals surface area contributed by atoms with Gasteiger partial charge < -0.3 is 9.84 Å². The summed E-state index contributed by atoms with van der Waals surface area (Å²) in [5.41, 5.74) is 1.89. The molecule has 3 unspecified atom stereocenters. The van der Waals surface area contributed by atoms with Gasteiger partial charge in [0.15, 0.2) is 0 Å². The van der Waals surface area contributed by atoms with Crippen LogP contribution in [0.1, 0.15) is 82.7 Å². The van der Waals surface area contributed by atoms with E-state index in [1.165, 1.54) is 32.1 Å². The first-order chi connectivity index (χ1) is 12.2. The fourth-order valence-corrected chi connectivity index (χ4v) is 2.90. The van der Waals surface area contributed by atoms with Crippen LogP contribution in [0.5, 0.6) is 0 Å². The Morgan fingerprint density at radius 1 is 1.16 bits per heavy atom. The molecule has 0 spiro atoms. The van der Waals surface area contributed by atoms with Crippen LogP contribution in [0, 0.1) is 0 Å². The first-order valence-electron chi connectivity index (χ1n) is 9.88. The molecule has 0 bridgehead atoms. The Bertz CT molecular complexity index is 553. The third-order valence-corrected chi connectivity index (χ3v) is 4.52. The molecule has 3 heteroatoms. The summed E-state index contributed by atoms with van der Waals surface area (Å²) in [6.07, 6.45) is 17.1. The predicted molar refractivity (Wildman–Crippen MR) is 104 cm³/mol. The Kier molecular flexibility index (Phi) is 8.92. The molecule has 0 saturated carbocycles. The molecule has 1 N–H and O–H groups in total. The maximum Gasteiger partial charge on any atom is 0.126 e. The number of rotatable bonds is 12. The van der Waals surface area contributed by atoms with E-state index in [1.54, 1.807) is 0 Å². The molecule has 3 nitrogen and oxygen atoms in total. The van der Waals surface area contributed by atoms with Crippen molar-refractivity contribution in [2.45, 2.75) is 83.5 Å². The number of nitrogens with zero attached hydrogens (tertiary/aromatic N) is 1. The zero-order chi connectivity index (χ0) is 17.9. The molecule has 2 rings (SSSR count). The topological polar surface area (TPSA) is 45.6 Å². The van der Waals surface area contributed by atoms with Crippen molar-refractivity contribution >= 4 is 6.08 Å². The molecule has 3 atom stereocenters. The summed E-state index contributed by atoms with van der Waals surface area (Å²) >= 11 is 0. The van der Waals surface area contributed by atoms with Gasteiger partial charge in [0.1, 0.15) is 6.10 Å². The number of pyridine rings is 1. The number of aliphatic hydroxyl groups excluding tert-OH is 1. The zero-order valence-corrected chi connectivity index (χ0v) is 15.7. The highest BCUT2D eigenvalue weighted by molar-refractivity contribution is 5.45. The highest BCUT2D eigenvalue weighted by atomic mass is 16.6. The normalized spacial score (nSPS) is 21.2. The lowest BCUT2D eigenvalue weighted by Gasteiger charge is -2.02. The molecule has 1 fully saturated rings. The van der Waals surface area contributed by atoms with Crippen molar-refractivity contribution in [1.82, 2.24) is 4.98 Å². The first-order valence-corrected chi connectivity index (χ1v) is 9.88. The van der Waals surface area contributed by atoms with Gasteiger partial charge in [0, 0.05) is 0 Å². The van der Waals surface area contributed by atoms with E-state index >= 15 is 0 Å². The summed E-state index contributed by atoms with van der Waals surface area (Å²) < 4.78 is 5.73. The molecule has 0 aromatic carbocycles. The monoisotopic (exact) mass is 343 g/mol. The molecule has 25 heavy (non-hydrogen) atoms. The minimum Gasteiger partial charge on any atom is -0.389 e. The van der Waals surface area contributed by atoms with Gasteiger partial charge in [-0.05, 0) is 43.9 Å². The lowest BCUT2D eigenvalue weighted by atomic mass is 10.1. The summed E-state index contributed by atoms with van der Waals surface area (Å²) in [5, 5.41) is 10.1. The van der Waals surface area contributed by atoms with Crippen LogP contribution in [-0.2, 0) is 4.74 Å². The first kappa shape index (κ1) is 19.9. The SMILES string of the molecule is CCCCCC=CCC(O)C=Cc1cccc(C2OC2CCCC)n1. The molecule has 1 saturated heterocycles. The van der Waals surface area contributed by atoms with Crippen molar-refractivity contribution in [2.24, 2.45) is 0 Å². The average Bonchev–Trinajstić information content (AvgIpc) is 3.41. The second kappa shape index (κ2) is 11.2. The van der Waals surface area contributed by atoms with Crippen LogP contribution in [0.15, 0.2) is 36.4 Å². The number of aromatic nitrogens is 1. The van der Waals surface area contributed by atoms with Gasteiger partial charge in [0.05, 0.1) is 23.6 Å². The van der Waals surface area contributed by atoms with E-state index in [-0.39, 0.29) is 6.10 Å².